The van der Waals surface area contributed by atoms with Crippen LogP contribution in [0.4, 0.5) is 0 Å². The quantitative estimate of drug-likeness (QED) is 0.324. The molecule has 0 fully saturated rings. The molecule has 0 radical (unpaired) electrons. The van der Waals surface area contributed by atoms with Gasteiger partial charge in [0.1, 0.15) is 0 Å². The molecule has 144 valence electrons. The molecule has 0 rings (SSSR count). The number of nitrogens with one attached hydrogen (secondary N) is 1. The summed E-state index contributed by atoms with van der Waals surface area (Å²) in [7, 11) is -4.27. The molecule has 8 nitrogen and oxygen atoms in total. The van der Waals surface area contributed by atoms with Crippen LogP contribution in [0.2, 0.25) is 0 Å². The minimum atomic E-state index is -4.27. The third-order valence-corrected chi connectivity index (χ3v) is 4.66. The lowest BCUT2D eigenvalue weighted by Gasteiger charge is -2.29. The van der Waals surface area contributed by atoms with Crippen molar-refractivity contribution in [1.82, 2.24) is 5.32 Å². The van der Waals surface area contributed by atoms with Crippen molar-refractivity contribution in [1.29, 1.82) is 0 Å². The van der Waals surface area contributed by atoms with Gasteiger partial charge in [0.25, 0.3) is 10.1 Å². The van der Waals surface area contributed by atoms with Crippen LogP contribution in [0.1, 0.15) is 53.4 Å². The number of carbonyl (C=O) groups is 1. The van der Waals surface area contributed by atoms with Crippen molar-refractivity contribution in [3.63, 3.8) is 0 Å². The van der Waals surface area contributed by atoms with Gasteiger partial charge < -0.3 is 20.6 Å². The van der Waals surface area contributed by atoms with Crippen molar-refractivity contribution in [2.75, 3.05) is 5.75 Å². The Morgan fingerprint density at radius 3 is 2.00 bits per heavy atom. The maximum atomic E-state index is 12.4. The van der Waals surface area contributed by atoms with Gasteiger partial charge >= 0.3 is 0 Å². The first-order valence-corrected chi connectivity index (χ1v) is 9.68. The summed E-state index contributed by atoms with van der Waals surface area (Å²) < 4.78 is 31.0. The van der Waals surface area contributed by atoms with E-state index in [1.165, 1.54) is 20.8 Å². The second kappa shape index (κ2) is 9.67. The molecule has 4 unspecified atom stereocenters. The topological polar surface area (TPSA) is 144 Å². The predicted octanol–water partition coefficient (Wildman–Crippen LogP) is 0.0681. The fraction of sp³-hybridized carbons (Fsp3) is 0.933. The smallest absolute Gasteiger partial charge is 0.267 e. The van der Waals surface area contributed by atoms with Crippen molar-refractivity contribution in [2.45, 2.75) is 77.2 Å². The number of aliphatic hydroxyl groups is 3. The van der Waals surface area contributed by atoms with E-state index in [1.807, 2.05) is 0 Å². The van der Waals surface area contributed by atoms with E-state index in [4.69, 9.17) is 4.55 Å². The molecular formula is C15H31NO7S. The van der Waals surface area contributed by atoms with Crippen LogP contribution in [0.3, 0.4) is 0 Å². The van der Waals surface area contributed by atoms with E-state index in [-0.39, 0.29) is 19.3 Å². The monoisotopic (exact) mass is 369 g/mol. The Balaban J connectivity index is 5.02. The minimum absolute atomic E-state index is 0.0374. The zero-order valence-corrected chi connectivity index (χ0v) is 15.6. The average molecular weight is 369 g/mol. The summed E-state index contributed by atoms with van der Waals surface area (Å²) in [6, 6.07) is 0. The van der Waals surface area contributed by atoms with Crippen LogP contribution in [0.15, 0.2) is 0 Å². The highest BCUT2D eigenvalue weighted by Crippen LogP contribution is 2.20. The predicted molar refractivity (Wildman–Crippen MR) is 90.0 cm³/mol. The van der Waals surface area contributed by atoms with Crippen molar-refractivity contribution < 1.29 is 33.1 Å². The van der Waals surface area contributed by atoms with E-state index >= 15 is 0 Å². The highest BCUT2D eigenvalue weighted by atomic mass is 32.2. The lowest BCUT2D eigenvalue weighted by Crippen LogP contribution is -2.51. The molecule has 0 aliphatic heterocycles. The van der Waals surface area contributed by atoms with E-state index in [1.54, 1.807) is 6.92 Å². The first-order valence-electron chi connectivity index (χ1n) is 8.07. The molecule has 24 heavy (non-hydrogen) atoms. The van der Waals surface area contributed by atoms with Crippen LogP contribution < -0.4 is 5.32 Å². The van der Waals surface area contributed by atoms with Crippen molar-refractivity contribution in [2.24, 2.45) is 5.92 Å². The van der Waals surface area contributed by atoms with Crippen LogP contribution in [0.5, 0.6) is 0 Å². The summed E-state index contributed by atoms with van der Waals surface area (Å²) in [4.78, 5) is 12.4. The number of carbonyl (C=O) groups excluding carboxylic acids is 1. The van der Waals surface area contributed by atoms with Crippen molar-refractivity contribution >= 4 is 16.0 Å². The van der Waals surface area contributed by atoms with E-state index in [0.717, 1.165) is 0 Å². The van der Waals surface area contributed by atoms with Gasteiger partial charge in [-0.25, -0.2) is 0 Å². The second-order valence-corrected chi connectivity index (χ2v) is 8.52. The SMILES string of the molecule is CCC(O)CC(CC(O)CC(C)O)C(=O)NC(C)(C)CS(=O)(=O)O. The fourth-order valence-electron chi connectivity index (χ4n) is 2.55. The summed E-state index contributed by atoms with van der Waals surface area (Å²) in [5.74, 6) is -1.90. The van der Waals surface area contributed by atoms with Crippen LogP contribution in [0, 0.1) is 5.92 Å². The maximum absolute atomic E-state index is 12.4. The number of hydrogen-bond donors (Lipinski definition) is 5. The Hall–Kier alpha value is -0.740. The molecular weight excluding hydrogens is 338 g/mol. The highest BCUT2D eigenvalue weighted by Gasteiger charge is 2.31. The third-order valence-electron chi connectivity index (χ3n) is 3.57. The zero-order chi connectivity index (χ0) is 19.1. The Bertz CT molecular complexity index is 490. The molecule has 5 N–H and O–H groups in total. The van der Waals surface area contributed by atoms with Gasteiger partial charge in [-0.1, -0.05) is 6.92 Å². The Labute approximate surface area is 144 Å². The summed E-state index contributed by atoms with van der Waals surface area (Å²) in [6.45, 7) is 6.19. The Morgan fingerprint density at radius 1 is 1.08 bits per heavy atom. The van der Waals surface area contributed by atoms with Gasteiger partial charge in [-0.15, -0.1) is 0 Å². The van der Waals surface area contributed by atoms with Gasteiger partial charge in [0, 0.05) is 5.92 Å². The molecule has 0 saturated heterocycles. The fourth-order valence-corrected chi connectivity index (χ4v) is 3.54. The van der Waals surface area contributed by atoms with Crippen molar-refractivity contribution in [3.8, 4) is 0 Å². The van der Waals surface area contributed by atoms with Crippen LogP contribution in [0.25, 0.3) is 0 Å². The largest absolute Gasteiger partial charge is 0.393 e. The van der Waals surface area contributed by atoms with Crippen molar-refractivity contribution in [3.05, 3.63) is 0 Å². The summed E-state index contributed by atoms with van der Waals surface area (Å²) in [5.41, 5.74) is -1.20. The van der Waals surface area contributed by atoms with E-state index < -0.39 is 51.5 Å². The van der Waals surface area contributed by atoms with E-state index in [0.29, 0.717) is 6.42 Å². The van der Waals surface area contributed by atoms with Crippen LogP contribution >= 0.6 is 0 Å². The third kappa shape index (κ3) is 10.9. The molecule has 9 heteroatoms. The normalized spacial score (nSPS) is 17.8. The first kappa shape index (κ1) is 23.3. The molecule has 0 aromatic heterocycles. The molecule has 4 atom stereocenters. The first-order chi connectivity index (χ1) is 10.8. The number of hydrogen-bond acceptors (Lipinski definition) is 6. The van der Waals surface area contributed by atoms with Crippen LogP contribution in [-0.2, 0) is 14.9 Å². The molecule has 1 amide bonds. The van der Waals surface area contributed by atoms with Gasteiger partial charge in [0.2, 0.25) is 5.91 Å². The highest BCUT2D eigenvalue weighted by molar-refractivity contribution is 7.85. The van der Waals surface area contributed by atoms with Gasteiger partial charge in [0.15, 0.2) is 0 Å². The Kier molecular flexibility index (Phi) is 9.37. The Morgan fingerprint density at radius 2 is 1.58 bits per heavy atom. The number of amides is 1. The summed E-state index contributed by atoms with van der Waals surface area (Å²) in [5, 5.41) is 31.6. The van der Waals surface area contributed by atoms with E-state index in [9.17, 15) is 28.5 Å². The number of aliphatic hydroxyl groups excluding tert-OH is 3. The molecule has 0 saturated carbocycles. The standard InChI is InChI=1S/C15H31NO7S/c1-5-12(18)7-11(8-13(19)6-10(2)17)14(20)16-15(3,4)9-24(21,22)23/h10-13,17-19H,5-9H2,1-4H3,(H,16,20)(H,21,22,23). The maximum Gasteiger partial charge on any atom is 0.267 e. The summed E-state index contributed by atoms with van der Waals surface area (Å²) >= 11 is 0. The molecule has 0 spiro atoms. The minimum Gasteiger partial charge on any atom is -0.393 e. The molecule has 0 aromatic carbocycles. The molecule has 0 aliphatic rings. The second-order valence-electron chi connectivity index (χ2n) is 7.07. The zero-order valence-electron chi connectivity index (χ0n) is 14.8. The van der Waals surface area contributed by atoms with E-state index in [2.05, 4.69) is 5.32 Å². The summed E-state index contributed by atoms with van der Waals surface area (Å²) in [6.07, 6.45) is -1.70. The molecule has 0 bridgehead atoms. The lowest BCUT2D eigenvalue weighted by molar-refractivity contribution is -0.128. The van der Waals surface area contributed by atoms with Gasteiger partial charge in [-0.3, -0.25) is 9.35 Å². The van der Waals surface area contributed by atoms with Crippen LogP contribution in [-0.4, -0.2) is 63.8 Å². The average Bonchev–Trinajstić information content (AvgIpc) is 2.32. The molecule has 0 aliphatic carbocycles. The van der Waals surface area contributed by atoms with Gasteiger partial charge in [-0.05, 0) is 46.5 Å². The van der Waals surface area contributed by atoms with Gasteiger partial charge in [-0.2, -0.15) is 8.42 Å². The van der Waals surface area contributed by atoms with Gasteiger partial charge in [0.05, 0.1) is 29.6 Å². The molecule has 0 aromatic rings. The molecule has 0 heterocycles. The number of rotatable bonds is 11. The lowest BCUT2D eigenvalue weighted by atomic mass is 9.90.